The van der Waals surface area contributed by atoms with E-state index in [4.69, 9.17) is 32.9 Å². The van der Waals surface area contributed by atoms with Crippen LogP contribution in [0.1, 0.15) is 22.4 Å². The zero-order chi connectivity index (χ0) is 25.2. The predicted molar refractivity (Wildman–Crippen MR) is 144 cm³/mol. The van der Waals surface area contributed by atoms with E-state index in [1.54, 1.807) is 23.8 Å². The third-order valence-corrected chi connectivity index (χ3v) is 6.92. The number of fused-ring (bicyclic) bond motifs is 1. The summed E-state index contributed by atoms with van der Waals surface area (Å²) in [7, 11) is 1.66. The minimum absolute atomic E-state index is 0.0545. The number of rotatable bonds is 6. The second-order valence-electron chi connectivity index (χ2n) is 8.82. The van der Waals surface area contributed by atoms with Crippen LogP contribution in [-0.4, -0.2) is 28.2 Å². The van der Waals surface area contributed by atoms with Gasteiger partial charge in [-0.2, -0.15) is 0 Å². The highest BCUT2D eigenvalue weighted by Crippen LogP contribution is 2.35. The van der Waals surface area contributed by atoms with Gasteiger partial charge < -0.3 is 4.74 Å². The fraction of sp³-hybridized carbons (Fsp3) is 0.214. The first-order valence-electron chi connectivity index (χ1n) is 11.7. The van der Waals surface area contributed by atoms with Gasteiger partial charge in [0, 0.05) is 29.1 Å². The molecule has 0 saturated heterocycles. The third-order valence-electron chi connectivity index (χ3n) is 6.38. The maximum Gasteiger partial charge on any atom is 0.259 e. The van der Waals surface area contributed by atoms with Crippen molar-refractivity contribution in [2.24, 2.45) is 0 Å². The van der Waals surface area contributed by atoms with Gasteiger partial charge in [-0.15, -0.1) is 0 Å². The van der Waals surface area contributed by atoms with Crippen LogP contribution in [0.15, 0.2) is 77.6 Å². The molecule has 0 atom stereocenters. The molecular weight excluding hydrogens is 495 g/mol. The van der Waals surface area contributed by atoms with E-state index in [0.717, 1.165) is 22.6 Å². The van der Waals surface area contributed by atoms with Gasteiger partial charge in [0.05, 0.1) is 36.9 Å². The molecular formula is C28H26Cl2N4O2. The Balaban J connectivity index is 1.60. The molecule has 0 saturated carbocycles. The van der Waals surface area contributed by atoms with Crippen molar-refractivity contribution in [2.45, 2.75) is 26.6 Å². The number of aromatic nitrogens is 2. The van der Waals surface area contributed by atoms with Gasteiger partial charge in [0.1, 0.15) is 5.75 Å². The number of anilines is 2. The molecule has 1 aliphatic rings. The quantitative estimate of drug-likeness (QED) is 0.310. The number of benzene rings is 3. The van der Waals surface area contributed by atoms with Crippen LogP contribution in [0.4, 0.5) is 11.6 Å². The summed E-state index contributed by atoms with van der Waals surface area (Å²) in [5.41, 5.74) is 4.18. The van der Waals surface area contributed by atoms with E-state index in [0.29, 0.717) is 53.6 Å². The summed E-state index contributed by atoms with van der Waals surface area (Å²) in [4.78, 5) is 22.9. The van der Waals surface area contributed by atoms with Crippen LogP contribution in [0.3, 0.4) is 0 Å². The van der Waals surface area contributed by atoms with E-state index in [2.05, 4.69) is 4.90 Å². The molecule has 0 fully saturated rings. The minimum atomic E-state index is -0.0545. The maximum atomic E-state index is 13.9. The highest BCUT2D eigenvalue weighted by molar-refractivity contribution is 6.36. The molecule has 0 radical (unpaired) electrons. The number of hydrogen-bond donors (Lipinski definition) is 0. The molecule has 1 aliphatic heterocycles. The van der Waals surface area contributed by atoms with E-state index in [9.17, 15) is 4.79 Å². The van der Waals surface area contributed by atoms with Crippen LogP contribution >= 0.6 is 23.2 Å². The van der Waals surface area contributed by atoms with Gasteiger partial charge in [-0.3, -0.25) is 19.2 Å². The molecule has 8 heteroatoms. The molecule has 0 bridgehead atoms. The lowest BCUT2D eigenvalue weighted by Gasteiger charge is -2.39. The molecule has 184 valence electrons. The zero-order valence-electron chi connectivity index (χ0n) is 20.1. The third kappa shape index (κ3) is 4.85. The zero-order valence-corrected chi connectivity index (χ0v) is 21.6. The second kappa shape index (κ2) is 10.3. The van der Waals surface area contributed by atoms with E-state index >= 15 is 0 Å². The van der Waals surface area contributed by atoms with Crippen molar-refractivity contribution >= 4 is 34.8 Å². The lowest BCUT2D eigenvalue weighted by molar-refractivity contribution is 0.187. The number of halogens is 2. The summed E-state index contributed by atoms with van der Waals surface area (Å²) in [6.45, 7) is 3.36. The summed E-state index contributed by atoms with van der Waals surface area (Å²) in [6, 6.07) is 23.2. The van der Waals surface area contributed by atoms with E-state index < -0.39 is 0 Å². The first kappa shape index (κ1) is 24.4. The van der Waals surface area contributed by atoms with Gasteiger partial charge in [0.2, 0.25) is 5.95 Å². The highest BCUT2D eigenvalue weighted by atomic mass is 35.5. The van der Waals surface area contributed by atoms with Crippen molar-refractivity contribution < 1.29 is 4.74 Å². The number of aryl methyl sites for hydroxylation is 1. The molecule has 36 heavy (non-hydrogen) atoms. The summed E-state index contributed by atoms with van der Waals surface area (Å²) in [6.07, 6.45) is 0.521. The highest BCUT2D eigenvalue weighted by Gasteiger charge is 2.29. The van der Waals surface area contributed by atoms with Crippen molar-refractivity contribution in [3.05, 3.63) is 116 Å². The molecule has 0 unspecified atom stereocenters. The molecule has 4 aromatic rings. The fourth-order valence-electron chi connectivity index (χ4n) is 4.59. The Kier molecular flexibility index (Phi) is 7.01. The van der Waals surface area contributed by atoms with Crippen molar-refractivity contribution in [1.29, 1.82) is 0 Å². The Morgan fingerprint density at radius 1 is 0.972 bits per heavy atom. The van der Waals surface area contributed by atoms with Gasteiger partial charge in [0.15, 0.2) is 0 Å². The first-order valence-corrected chi connectivity index (χ1v) is 12.4. The van der Waals surface area contributed by atoms with Crippen LogP contribution in [0, 0.1) is 6.92 Å². The summed E-state index contributed by atoms with van der Waals surface area (Å²) >= 11 is 12.8. The van der Waals surface area contributed by atoms with E-state index in [-0.39, 0.29) is 5.56 Å². The molecule has 0 amide bonds. The molecule has 2 heterocycles. The van der Waals surface area contributed by atoms with Crippen LogP contribution in [0.5, 0.6) is 5.75 Å². The Morgan fingerprint density at radius 2 is 1.72 bits per heavy atom. The van der Waals surface area contributed by atoms with Crippen molar-refractivity contribution in [3.63, 3.8) is 0 Å². The largest absolute Gasteiger partial charge is 0.496 e. The van der Waals surface area contributed by atoms with Gasteiger partial charge in [-0.1, -0.05) is 71.7 Å². The Hall–Kier alpha value is -3.32. The first-order chi connectivity index (χ1) is 17.4. The minimum Gasteiger partial charge on any atom is -0.496 e. The fourth-order valence-corrected chi connectivity index (χ4v) is 5.10. The van der Waals surface area contributed by atoms with Gasteiger partial charge in [0.25, 0.3) is 5.56 Å². The molecule has 0 N–H and O–H groups in total. The Labute approximate surface area is 220 Å². The average Bonchev–Trinajstić information content (AvgIpc) is 2.88. The topological polar surface area (TPSA) is 50.6 Å². The van der Waals surface area contributed by atoms with Crippen LogP contribution in [-0.2, 0) is 19.6 Å². The molecule has 3 aromatic carbocycles. The maximum absolute atomic E-state index is 13.9. The van der Waals surface area contributed by atoms with Crippen LogP contribution < -0.4 is 15.2 Å². The second-order valence-corrected chi connectivity index (χ2v) is 9.66. The lowest BCUT2D eigenvalue weighted by atomic mass is 10.1. The number of para-hydroxylation sites is 1. The predicted octanol–water partition coefficient (Wildman–Crippen LogP) is 6.03. The summed E-state index contributed by atoms with van der Waals surface area (Å²) < 4.78 is 7.30. The average molecular weight is 521 g/mol. The normalized spacial score (nSPS) is 13.5. The molecule has 0 spiro atoms. The molecule has 0 aliphatic carbocycles. The van der Waals surface area contributed by atoms with Gasteiger partial charge in [-0.25, -0.2) is 4.98 Å². The van der Waals surface area contributed by atoms with Crippen LogP contribution in [0.2, 0.25) is 10.0 Å². The van der Waals surface area contributed by atoms with Gasteiger partial charge >= 0.3 is 0 Å². The molecule has 6 nitrogen and oxygen atoms in total. The smallest absolute Gasteiger partial charge is 0.259 e. The number of hydrogen-bond acceptors (Lipinski definition) is 5. The SMILES string of the molecule is COc1ccccc1CN1CN(c2ccc(Cl)cc2Cl)c2nc(C)c(Cc3ccccc3)c(=O)n2C1. The molecule has 1 aromatic heterocycles. The Bertz CT molecular complexity index is 1460. The summed E-state index contributed by atoms with van der Waals surface area (Å²) in [5, 5.41) is 1.04. The van der Waals surface area contributed by atoms with Crippen molar-refractivity contribution in [3.8, 4) is 5.75 Å². The lowest BCUT2D eigenvalue weighted by Crippen LogP contribution is -2.47. The Morgan fingerprint density at radius 3 is 2.47 bits per heavy atom. The van der Waals surface area contributed by atoms with E-state index in [1.165, 1.54) is 0 Å². The molecule has 5 rings (SSSR count). The van der Waals surface area contributed by atoms with E-state index in [1.807, 2.05) is 72.5 Å². The standard InChI is InChI=1S/C28H26Cl2N4O2/c1-19-23(14-20-8-4-3-5-9-20)27(35)34-18-32(16-21-10-6-7-11-26(21)36-2)17-33(28(34)31-19)25-13-12-22(29)15-24(25)30/h3-13,15H,14,16-18H2,1-2H3. The monoisotopic (exact) mass is 520 g/mol. The van der Waals surface area contributed by atoms with Crippen molar-refractivity contribution in [1.82, 2.24) is 14.5 Å². The number of methoxy groups -OCH3 is 1. The van der Waals surface area contributed by atoms with Crippen molar-refractivity contribution in [2.75, 3.05) is 18.7 Å². The number of nitrogens with zero attached hydrogens (tertiary/aromatic N) is 4. The summed E-state index contributed by atoms with van der Waals surface area (Å²) in [5.74, 6) is 1.37. The van der Waals surface area contributed by atoms with Gasteiger partial charge in [-0.05, 0) is 36.8 Å². The van der Waals surface area contributed by atoms with Crippen LogP contribution in [0.25, 0.3) is 0 Å². The number of ether oxygens (including phenoxy) is 1.